The van der Waals surface area contributed by atoms with Gasteiger partial charge >= 0.3 is 5.97 Å². The first-order valence-electron chi connectivity index (χ1n) is 9.02. The summed E-state index contributed by atoms with van der Waals surface area (Å²) in [6.45, 7) is 2.19. The zero-order valence-corrected chi connectivity index (χ0v) is 15.4. The number of aliphatic carboxylic acids is 1. The summed E-state index contributed by atoms with van der Waals surface area (Å²) in [5.41, 5.74) is 0. The third kappa shape index (κ3) is 14.7. The van der Waals surface area contributed by atoms with Gasteiger partial charge in [-0.25, -0.2) is 0 Å². The molecular weight excluding hydrogens is 296 g/mol. The first-order valence-corrected chi connectivity index (χ1v) is 10.3. The minimum atomic E-state index is -0.681. The maximum Gasteiger partial charge on any atom is 0.303 e. The number of aliphatic hydroxyl groups excluding tert-OH is 1. The van der Waals surface area contributed by atoms with E-state index in [0.29, 0.717) is 11.7 Å². The van der Waals surface area contributed by atoms with Crippen LogP contribution in [0.1, 0.15) is 90.4 Å². The van der Waals surface area contributed by atoms with Crippen molar-refractivity contribution in [2.75, 3.05) is 6.26 Å². The molecule has 0 bridgehead atoms. The van der Waals surface area contributed by atoms with Crippen molar-refractivity contribution in [3.63, 3.8) is 0 Å². The van der Waals surface area contributed by atoms with E-state index < -0.39 is 5.97 Å². The van der Waals surface area contributed by atoms with Crippen molar-refractivity contribution in [2.45, 2.75) is 102 Å². The molecule has 0 aromatic rings. The van der Waals surface area contributed by atoms with Gasteiger partial charge in [0.15, 0.2) is 0 Å². The predicted molar refractivity (Wildman–Crippen MR) is 96.6 cm³/mol. The second-order valence-corrected chi connectivity index (χ2v) is 7.42. The van der Waals surface area contributed by atoms with Gasteiger partial charge in [0.1, 0.15) is 0 Å². The van der Waals surface area contributed by atoms with Gasteiger partial charge in [0.05, 0.1) is 6.10 Å². The molecule has 0 aromatic heterocycles. The summed E-state index contributed by atoms with van der Waals surface area (Å²) in [5.74, 6) is -0.681. The van der Waals surface area contributed by atoms with E-state index in [2.05, 4.69) is 13.2 Å². The lowest BCUT2D eigenvalue weighted by molar-refractivity contribution is -0.137. The molecule has 0 aliphatic carbocycles. The van der Waals surface area contributed by atoms with Gasteiger partial charge in [0, 0.05) is 11.7 Å². The normalized spacial score (nSPS) is 14.0. The number of carbonyl (C=O) groups is 1. The molecule has 132 valence electrons. The molecule has 0 spiro atoms. The minimum Gasteiger partial charge on any atom is -0.481 e. The highest BCUT2D eigenvalue weighted by molar-refractivity contribution is 7.99. The van der Waals surface area contributed by atoms with Crippen molar-refractivity contribution in [3.05, 3.63) is 0 Å². The van der Waals surface area contributed by atoms with Gasteiger partial charge in [-0.2, -0.15) is 11.8 Å². The molecule has 0 fully saturated rings. The molecule has 0 radical (unpaired) electrons. The molecule has 0 heterocycles. The van der Waals surface area contributed by atoms with Crippen LogP contribution in [0.4, 0.5) is 0 Å². The van der Waals surface area contributed by atoms with Crippen molar-refractivity contribution < 1.29 is 15.0 Å². The molecule has 2 atom stereocenters. The van der Waals surface area contributed by atoms with Gasteiger partial charge in [0.2, 0.25) is 0 Å². The number of carboxylic acid groups (broad SMARTS) is 1. The van der Waals surface area contributed by atoms with Crippen LogP contribution in [-0.2, 0) is 4.79 Å². The van der Waals surface area contributed by atoms with Gasteiger partial charge in [-0.15, -0.1) is 0 Å². The first-order chi connectivity index (χ1) is 10.6. The molecule has 0 saturated heterocycles. The Labute approximate surface area is 141 Å². The Morgan fingerprint density at radius 1 is 0.909 bits per heavy atom. The number of rotatable bonds is 16. The van der Waals surface area contributed by atoms with E-state index in [0.717, 1.165) is 44.9 Å². The van der Waals surface area contributed by atoms with Crippen LogP contribution in [0.5, 0.6) is 0 Å². The van der Waals surface area contributed by atoms with E-state index in [-0.39, 0.29) is 6.10 Å². The van der Waals surface area contributed by atoms with Crippen LogP contribution in [0.3, 0.4) is 0 Å². The number of aliphatic hydroxyl groups is 1. The van der Waals surface area contributed by atoms with Crippen molar-refractivity contribution in [1.29, 1.82) is 0 Å². The van der Waals surface area contributed by atoms with Crippen LogP contribution in [0, 0.1) is 0 Å². The molecule has 0 saturated carbocycles. The van der Waals surface area contributed by atoms with E-state index in [4.69, 9.17) is 5.11 Å². The van der Waals surface area contributed by atoms with Gasteiger partial charge in [-0.3, -0.25) is 4.79 Å². The molecule has 0 aliphatic heterocycles. The van der Waals surface area contributed by atoms with Crippen LogP contribution in [0.15, 0.2) is 0 Å². The summed E-state index contributed by atoms with van der Waals surface area (Å²) in [6, 6.07) is 0. The van der Waals surface area contributed by atoms with E-state index in [1.165, 1.54) is 32.1 Å². The number of hydrogen-bond acceptors (Lipinski definition) is 3. The standard InChI is InChI=1S/C18H36O3S/c1-3-4-7-11-16(19)12-10-14-17(22-2)13-8-5-6-9-15-18(20)21/h16-17,19H,3-15H2,1-2H3,(H,20,21)/t16-,17-/m1/s1. The number of hydrogen-bond donors (Lipinski definition) is 2. The summed E-state index contributed by atoms with van der Waals surface area (Å²) in [7, 11) is 0. The summed E-state index contributed by atoms with van der Waals surface area (Å²) in [5, 5.41) is 19.2. The van der Waals surface area contributed by atoms with Gasteiger partial charge in [0.25, 0.3) is 0 Å². The molecule has 0 rings (SSSR count). The molecule has 2 N–H and O–H groups in total. The second kappa shape index (κ2) is 15.7. The Bertz CT molecular complexity index is 259. The predicted octanol–water partition coefficient (Wildman–Crippen LogP) is 5.25. The smallest absolute Gasteiger partial charge is 0.303 e. The topological polar surface area (TPSA) is 57.5 Å². The van der Waals surface area contributed by atoms with Crippen molar-refractivity contribution in [2.24, 2.45) is 0 Å². The molecule has 22 heavy (non-hydrogen) atoms. The second-order valence-electron chi connectivity index (χ2n) is 6.28. The fourth-order valence-electron chi connectivity index (χ4n) is 2.74. The van der Waals surface area contributed by atoms with E-state index in [1.807, 2.05) is 11.8 Å². The third-order valence-corrected chi connectivity index (χ3v) is 5.34. The maximum atomic E-state index is 10.4. The van der Waals surface area contributed by atoms with Crippen molar-refractivity contribution >= 4 is 17.7 Å². The van der Waals surface area contributed by atoms with Gasteiger partial charge in [-0.05, 0) is 44.8 Å². The minimum absolute atomic E-state index is 0.106. The Morgan fingerprint density at radius 3 is 2.14 bits per heavy atom. The average Bonchev–Trinajstić information content (AvgIpc) is 2.48. The highest BCUT2D eigenvalue weighted by atomic mass is 32.2. The summed E-state index contributed by atoms with van der Waals surface area (Å²) in [6.07, 6.45) is 15.6. The van der Waals surface area contributed by atoms with Crippen molar-refractivity contribution in [1.82, 2.24) is 0 Å². The largest absolute Gasteiger partial charge is 0.481 e. The highest BCUT2D eigenvalue weighted by Gasteiger charge is 2.09. The Morgan fingerprint density at radius 2 is 1.50 bits per heavy atom. The lowest BCUT2D eigenvalue weighted by atomic mass is 10.0. The number of carboxylic acids is 1. The highest BCUT2D eigenvalue weighted by Crippen LogP contribution is 2.22. The number of thioether (sulfide) groups is 1. The summed E-state index contributed by atoms with van der Waals surface area (Å²) < 4.78 is 0. The molecule has 4 heteroatoms. The fourth-order valence-corrected chi connectivity index (χ4v) is 3.54. The molecule has 3 nitrogen and oxygen atoms in total. The lowest BCUT2D eigenvalue weighted by Crippen LogP contribution is -2.09. The molecular formula is C18H36O3S. The Balaban J connectivity index is 3.51. The van der Waals surface area contributed by atoms with Crippen LogP contribution >= 0.6 is 11.8 Å². The van der Waals surface area contributed by atoms with Gasteiger partial charge in [-0.1, -0.05) is 45.4 Å². The van der Waals surface area contributed by atoms with Crippen LogP contribution in [0.2, 0.25) is 0 Å². The molecule has 0 aromatic carbocycles. The third-order valence-electron chi connectivity index (χ3n) is 4.20. The quantitative estimate of drug-likeness (QED) is 0.379. The van der Waals surface area contributed by atoms with Crippen LogP contribution < -0.4 is 0 Å². The van der Waals surface area contributed by atoms with Gasteiger partial charge < -0.3 is 10.2 Å². The molecule has 0 aliphatic rings. The SMILES string of the molecule is CCCCC[C@@H](O)CCC[C@@H](CCCCCCC(=O)O)SC. The van der Waals surface area contributed by atoms with Crippen molar-refractivity contribution in [3.8, 4) is 0 Å². The molecule has 0 unspecified atom stereocenters. The maximum absolute atomic E-state index is 10.4. The van der Waals surface area contributed by atoms with E-state index >= 15 is 0 Å². The first kappa shape index (κ1) is 21.8. The Kier molecular flexibility index (Phi) is 15.5. The van der Waals surface area contributed by atoms with Crippen LogP contribution in [0.25, 0.3) is 0 Å². The summed E-state index contributed by atoms with van der Waals surface area (Å²) in [4.78, 5) is 10.4. The zero-order chi connectivity index (χ0) is 16.6. The Hall–Kier alpha value is -0.220. The lowest BCUT2D eigenvalue weighted by Gasteiger charge is -2.16. The summed E-state index contributed by atoms with van der Waals surface area (Å²) >= 11 is 1.94. The molecule has 0 amide bonds. The average molecular weight is 333 g/mol. The monoisotopic (exact) mass is 332 g/mol. The van der Waals surface area contributed by atoms with E-state index in [1.54, 1.807) is 0 Å². The van der Waals surface area contributed by atoms with Crippen LogP contribution in [-0.4, -0.2) is 33.8 Å². The van der Waals surface area contributed by atoms with E-state index in [9.17, 15) is 9.90 Å². The fraction of sp³-hybridized carbons (Fsp3) is 0.944. The number of unbranched alkanes of at least 4 members (excludes halogenated alkanes) is 5. The zero-order valence-electron chi connectivity index (χ0n) is 14.6.